The minimum atomic E-state index is -0.319. The lowest BCUT2D eigenvalue weighted by atomic mass is 9.89. The van der Waals surface area contributed by atoms with E-state index in [1.807, 2.05) is 50.2 Å². The highest BCUT2D eigenvalue weighted by molar-refractivity contribution is 5.94. The molecule has 3 rings (SSSR count). The average Bonchev–Trinajstić information content (AvgIpc) is 2.53. The second-order valence-corrected chi connectivity index (χ2v) is 6.36. The monoisotopic (exact) mass is 311 g/mol. The molecule has 1 atom stereocenters. The van der Waals surface area contributed by atoms with Gasteiger partial charge in [0.2, 0.25) is 0 Å². The normalized spacial score (nSPS) is 18.5. The molecule has 1 aliphatic heterocycles. The van der Waals surface area contributed by atoms with Crippen molar-refractivity contribution < 1.29 is 14.3 Å². The number of carbonyl (C=O) groups is 1. The number of hydrogen-bond donors (Lipinski definition) is 1. The van der Waals surface area contributed by atoms with Crippen molar-refractivity contribution in [2.75, 3.05) is 7.11 Å². The Morgan fingerprint density at radius 2 is 2.00 bits per heavy atom. The van der Waals surface area contributed by atoms with Crippen molar-refractivity contribution in [3.05, 3.63) is 59.7 Å². The van der Waals surface area contributed by atoms with Crippen LogP contribution in [0.2, 0.25) is 0 Å². The average molecular weight is 311 g/mol. The van der Waals surface area contributed by atoms with Gasteiger partial charge in [-0.2, -0.15) is 0 Å². The first-order valence-corrected chi connectivity index (χ1v) is 7.71. The SMILES string of the molecule is COc1cccc(C(=O)NC2CC(C)(C)Oc3ccccc32)c1. The number of ether oxygens (including phenoxy) is 2. The summed E-state index contributed by atoms with van der Waals surface area (Å²) in [5, 5.41) is 3.12. The summed E-state index contributed by atoms with van der Waals surface area (Å²) in [6.45, 7) is 4.07. The molecule has 1 aliphatic rings. The Bertz CT molecular complexity index is 724. The highest BCUT2D eigenvalue weighted by Crippen LogP contribution is 2.39. The van der Waals surface area contributed by atoms with Gasteiger partial charge in [-0.05, 0) is 38.1 Å². The lowest BCUT2D eigenvalue weighted by molar-refractivity contribution is 0.0619. The summed E-state index contributed by atoms with van der Waals surface area (Å²) in [6.07, 6.45) is 0.722. The van der Waals surface area contributed by atoms with Gasteiger partial charge in [0.1, 0.15) is 17.1 Å². The molecule has 1 unspecified atom stereocenters. The van der Waals surface area contributed by atoms with Crippen LogP contribution in [0.25, 0.3) is 0 Å². The Hall–Kier alpha value is -2.49. The van der Waals surface area contributed by atoms with Crippen LogP contribution in [-0.4, -0.2) is 18.6 Å². The van der Waals surface area contributed by atoms with Crippen LogP contribution in [0.4, 0.5) is 0 Å². The Balaban J connectivity index is 1.85. The summed E-state index contributed by atoms with van der Waals surface area (Å²) in [6, 6.07) is 14.9. The number of carbonyl (C=O) groups excluding carboxylic acids is 1. The van der Waals surface area contributed by atoms with Gasteiger partial charge in [-0.3, -0.25) is 4.79 Å². The first-order chi connectivity index (χ1) is 11.0. The summed E-state index contributed by atoms with van der Waals surface area (Å²) in [4.78, 5) is 12.6. The molecule has 2 aromatic rings. The molecule has 0 bridgehead atoms. The van der Waals surface area contributed by atoms with Gasteiger partial charge in [0.25, 0.3) is 5.91 Å². The Labute approximate surface area is 136 Å². The summed E-state index contributed by atoms with van der Waals surface area (Å²) in [5.41, 5.74) is 1.29. The van der Waals surface area contributed by atoms with E-state index in [2.05, 4.69) is 5.32 Å². The summed E-state index contributed by atoms with van der Waals surface area (Å²) in [5.74, 6) is 1.39. The first kappa shape index (κ1) is 15.4. The minimum absolute atomic E-state index is 0.0753. The lowest BCUT2D eigenvalue weighted by Gasteiger charge is -2.37. The third-order valence-electron chi connectivity index (χ3n) is 4.01. The molecule has 23 heavy (non-hydrogen) atoms. The quantitative estimate of drug-likeness (QED) is 0.939. The minimum Gasteiger partial charge on any atom is -0.497 e. The van der Waals surface area contributed by atoms with Gasteiger partial charge in [-0.15, -0.1) is 0 Å². The second kappa shape index (κ2) is 5.95. The van der Waals surface area contributed by atoms with Crippen LogP contribution in [0.5, 0.6) is 11.5 Å². The van der Waals surface area contributed by atoms with E-state index in [0.29, 0.717) is 11.3 Å². The van der Waals surface area contributed by atoms with E-state index in [-0.39, 0.29) is 17.6 Å². The number of benzene rings is 2. The number of para-hydroxylation sites is 1. The molecule has 120 valence electrons. The summed E-state index contributed by atoms with van der Waals surface area (Å²) < 4.78 is 11.2. The molecule has 0 aliphatic carbocycles. The molecule has 1 heterocycles. The van der Waals surface area contributed by atoms with E-state index in [0.717, 1.165) is 17.7 Å². The number of amides is 1. The fourth-order valence-electron chi connectivity index (χ4n) is 2.94. The molecule has 0 radical (unpaired) electrons. The van der Waals surface area contributed by atoms with Crippen molar-refractivity contribution >= 4 is 5.91 Å². The maximum absolute atomic E-state index is 12.6. The van der Waals surface area contributed by atoms with Crippen molar-refractivity contribution in [2.24, 2.45) is 0 Å². The predicted molar refractivity (Wildman–Crippen MR) is 89.0 cm³/mol. The van der Waals surface area contributed by atoms with Crippen LogP contribution in [0.3, 0.4) is 0 Å². The number of nitrogens with one attached hydrogen (secondary N) is 1. The zero-order valence-corrected chi connectivity index (χ0v) is 13.6. The number of methoxy groups -OCH3 is 1. The van der Waals surface area contributed by atoms with Crippen molar-refractivity contribution in [2.45, 2.75) is 31.9 Å². The van der Waals surface area contributed by atoms with Gasteiger partial charge in [0, 0.05) is 17.5 Å². The number of hydrogen-bond acceptors (Lipinski definition) is 3. The number of rotatable bonds is 3. The molecule has 1 N–H and O–H groups in total. The topological polar surface area (TPSA) is 47.6 Å². The second-order valence-electron chi connectivity index (χ2n) is 6.36. The van der Waals surface area contributed by atoms with Gasteiger partial charge in [-0.25, -0.2) is 0 Å². The molecular weight excluding hydrogens is 290 g/mol. The Morgan fingerprint density at radius 1 is 1.22 bits per heavy atom. The molecule has 0 fully saturated rings. The van der Waals surface area contributed by atoms with E-state index in [9.17, 15) is 4.79 Å². The molecule has 0 aromatic heterocycles. The van der Waals surface area contributed by atoms with Crippen molar-refractivity contribution in [3.63, 3.8) is 0 Å². The molecule has 0 spiro atoms. The maximum atomic E-state index is 12.6. The van der Waals surface area contributed by atoms with Crippen LogP contribution >= 0.6 is 0 Å². The fraction of sp³-hybridized carbons (Fsp3) is 0.316. The van der Waals surface area contributed by atoms with Crippen LogP contribution in [0.15, 0.2) is 48.5 Å². The Morgan fingerprint density at radius 3 is 2.78 bits per heavy atom. The van der Waals surface area contributed by atoms with Crippen LogP contribution in [0.1, 0.15) is 42.2 Å². The molecule has 0 saturated carbocycles. The van der Waals surface area contributed by atoms with Gasteiger partial charge in [0.15, 0.2) is 0 Å². The molecular formula is C19H21NO3. The zero-order valence-electron chi connectivity index (χ0n) is 13.6. The van der Waals surface area contributed by atoms with Crippen molar-refractivity contribution in [1.82, 2.24) is 5.32 Å². The molecule has 1 amide bonds. The molecule has 4 nitrogen and oxygen atoms in total. The van der Waals surface area contributed by atoms with Crippen LogP contribution < -0.4 is 14.8 Å². The fourth-order valence-corrected chi connectivity index (χ4v) is 2.94. The van der Waals surface area contributed by atoms with Gasteiger partial charge < -0.3 is 14.8 Å². The standard InChI is InChI=1S/C19H21NO3/c1-19(2)12-16(15-9-4-5-10-17(15)23-19)20-18(21)13-7-6-8-14(11-13)22-3/h4-11,16H,12H2,1-3H3,(H,20,21). The third-order valence-corrected chi connectivity index (χ3v) is 4.01. The molecule has 2 aromatic carbocycles. The molecule has 0 saturated heterocycles. The van der Waals surface area contributed by atoms with Crippen molar-refractivity contribution in [1.29, 1.82) is 0 Å². The van der Waals surface area contributed by atoms with Gasteiger partial charge in [-0.1, -0.05) is 24.3 Å². The maximum Gasteiger partial charge on any atom is 0.251 e. The third kappa shape index (κ3) is 3.31. The predicted octanol–water partition coefficient (Wildman–Crippen LogP) is 3.73. The van der Waals surface area contributed by atoms with Gasteiger partial charge in [0.05, 0.1) is 13.2 Å². The highest BCUT2D eigenvalue weighted by Gasteiger charge is 2.34. The van der Waals surface area contributed by atoms with E-state index in [4.69, 9.17) is 9.47 Å². The number of fused-ring (bicyclic) bond motifs is 1. The van der Waals surface area contributed by atoms with Crippen LogP contribution in [-0.2, 0) is 0 Å². The summed E-state index contributed by atoms with van der Waals surface area (Å²) in [7, 11) is 1.59. The van der Waals surface area contributed by atoms with E-state index in [1.165, 1.54) is 0 Å². The zero-order chi connectivity index (χ0) is 16.4. The summed E-state index contributed by atoms with van der Waals surface area (Å²) >= 11 is 0. The van der Waals surface area contributed by atoms with E-state index < -0.39 is 0 Å². The largest absolute Gasteiger partial charge is 0.497 e. The van der Waals surface area contributed by atoms with E-state index in [1.54, 1.807) is 19.2 Å². The van der Waals surface area contributed by atoms with Crippen molar-refractivity contribution in [3.8, 4) is 11.5 Å². The highest BCUT2D eigenvalue weighted by atomic mass is 16.5. The van der Waals surface area contributed by atoms with Gasteiger partial charge >= 0.3 is 0 Å². The van der Waals surface area contributed by atoms with Crippen LogP contribution in [0, 0.1) is 0 Å². The first-order valence-electron chi connectivity index (χ1n) is 7.71. The Kier molecular flexibility index (Phi) is 3.99. The van der Waals surface area contributed by atoms with E-state index >= 15 is 0 Å². The lowest BCUT2D eigenvalue weighted by Crippen LogP contribution is -2.41. The molecule has 4 heteroatoms. The smallest absolute Gasteiger partial charge is 0.251 e.